The van der Waals surface area contributed by atoms with Gasteiger partial charge in [0.2, 0.25) is 5.91 Å². The third kappa shape index (κ3) is 5.49. The van der Waals surface area contributed by atoms with E-state index in [2.05, 4.69) is 76.6 Å². The lowest BCUT2D eigenvalue weighted by Gasteiger charge is -2.29. The summed E-state index contributed by atoms with van der Waals surface area (Å²) in [6.45, 7) is 8.81. The smallest absolute Gasteiger partial charge is 0.247 e. The van der Waals surface area contributed by atoms with Crippen LogP contribution in [0, 0.1) is 6.92 Å². The van der Waals surface area contributed by atoms with Crippen LogP contribution in [-0.4, -0.2) is 50.2 Å². The van der Waals surface area contributed by atoms with Crippen LogP contribution in [0.5, 0.6) is 0 Å². The first kappa shape index (κ1) is 20.6. The summed E-state index contributed by atoms with van der Waals surface area (Å²) in [5.41, 5.74) is 5.87. The van der Waals surface area contributed by atoms with E-state index in [0.717, 1.165) is 63.5 Å². The molecule has 0 unspecified atom stereocenters. The minimum atomic E-state index is 0.0578. The van der Waals surface area contributed by atoms with E-state index in [1.807, 2.05) is 0 Å². The normalized spacial score (nSPS) is 17.5. The fraction of sp³-hybridized carbons (Fsp3) is 0.400. The van der Waals surface area contributed by atoms with E-state index >= 15 is 0 Å². The molecular formula is C25H31N3O2. The first-order chi connectivity index (χ1) is 14.7. The summed E-state index contributed by atoms with van der Waals surface area (Å²) in [6, 6.07) is 17.1. The molecule has 2 aliphatic heterocycles. The molecule has 0 atom stereocenters. The third-order valence-electron chi connectivity index (χ3n) is 5.84. The molecule has 0 radical (unpaired) electrons. The Hall–Kier alpha value is -2.63. The molecule has 0 spiro atoms. The van der Waals surface area contributed by atoms with Gasteiger partial charge in [0.15, 0.2) is 0 Å². The van der Waals surface area contributed by atoms with Crippen molar-refractivity contribution in [3.8, 4) is 0 Å². The van der Waals surface area contributed by atoms with Gasteiger partial charge in [-0.15, -0.1) is 0 Å². The molecule has 0 bridgehead atoms. The van der Waals surface area contributed by atoms with Gasteiger partial charge in [-0.3, -0.25) is 9.69 Å². The summed E-state index contributed by atoms with van der Waals surface area (Å²) >= 11 is 0. The maximum Gasteiger partial charge on any atom is 0.247 e. The summed E-state index contributed by atoms with van der Waals surface area (Å²) < 4.78 is 5.41. The van der Waals surface area contributed by atoms with E-state index in [1.54, 1.807) is 0 Å². The standard InChI is InChI=1S/C25H31N3O2/c1-20-3-2-4-22(17-20)19-27-11-9-23(10-12-27)25(29)26-18-21-5-7-24(8-6-21)28-13-15-30-16-14-28/h2-9,17H,10-16,18-19H2,1H3,(H,26,29). The number of nitrogens with zero attached hydrogens (tertiary/aromatic N) is 2. The Kier molecular flexibility index (Phi) is 6.82. The molecule has 5 heteroatoms. The second kappa shape index (κ2) is 9.92. The molecule has 30 heavy (non-hydrogen) atoms. The van der Waals surface area contributed by atoms with Crippen molar-refractivity contribution >= 4 is 11.6 Å². The second-order valence-electron chi connectivity index (χ2n) is 8.15. The van der Waals surface area contributed by atoms with Crippen molar-refractivity contribution in [2.24, 2.45) is 0 Å². The average Bonchev–Trinajstić information content (AvgIpc) is 2.79. The van der Waals surface area contributed by atoms with Crippen LogP contribution in [0.1, 0.15) is 23.1 Å². The maximum atomic E-state index is 12.6. The van der Waals surface area contributed by atoms with Crippen molar-refractivity contribution in [2.45, 2.75) is 26.4 Å². The lowest BCUT2D eigenvalue weighted by Crippen LogP contribution is -2.36. The summed E-state index contributed by atoms with van der Waals surface area (Å²) in [6.07, 6.45) is 2.88. The van der Waals surface area contributed by atoms with Gasteiger partial charge in [-0.25, -0.2) is 0 Å². The van der Waals surface area contributed by atoms with E-state index < -0.39 is 0 Å². The lowest BCUT2D eigenvalue weighted by molar-refractivity contribution is -0.117. The number of ether oxygens (including phenoxy) is 1. The molecule has 158 valence electrons. The van der Waals surface area contributed by atoms with E-state index in [1.165, 1.54) is 16.8 Å². The van der Waals surface area contributed by atoms with Crippen molar-refractivity contribution in [1.82, 2.24) is 10.2 Å². The summed E-state index contributed by atoms with van der Waals surface area (Å²) in [4.78, 5) is 17.3. The molecule has 5 nitrogen and oxygen atoms in total. The molecule has 1 fully saturated rings. The van der Waals surface area contributed by atoms with Gasteiger partial charge in [0.05, 0.1) is 13.2 Å². The van der Waals surface area contributed by atoms with Crippen molar-refractivity contribution in [2.75, 3.05) is 44.3 Å². The van der Waals surface area contributed by atoms with Gasteiger partial charge >= 0.3 is 0 Å². The number of hydrogen-bond donors (Lipinski definition) is 1. The van der Waals surface area contributed by atoms with Crippen molar-refractivity contribution < 1.29 is 9.53 Å². The Bertz CT molecular complexity index is 886. The van der Waals surface area contributed by atoms with E-state index in [9.17, 15) is 4.79 Å². The zero-order valence-corrected chi connectivity index (χ0v) is 17.8. The van der Waals surface area contributed by atoms with Crippen LogP contribution in [0.4, 0.5) is 5.69 Å². The number of morpholine rings is 1. The number of carbonyl (C=O) groups excluding carboxylic acids is 1. The predicted molar refractivity (Wildman–Crippen MR) is 120 cm³/mol. The van der Waals surface area contributed by atoms with E-state index in [0.29, 0.717) is 6.54 Å². The SMILES string of the molecule is Cc1cccc(CN2CC=C(C(=O)NCc3ccc(N4CCOCC4)cc3)CC2)c1. The summed E-state index contributed by atoms with van der Waals surface area (Å²) in [5, 5.41) is 3.08. The van der Waals surface area contributed by atoms with Gasteiger partial charge in [0.1, 0.15) is 0 Å². The first-order valence-corrected chi connectivity index (χ1v) is 10.8. The highest BCUT2D eigenvalue weighted by Gasteiger charge is 2.17. The van der Waals surface area contributed by atoms with Crippen LogP contribution >= 0.6 is 0 Å². The number of nitrogens with one attached hydrogen (secondary N) is 1. The molecule has 2 aromatic rings. The van der Waals surface area contributed by atoms with Crippen molar-refractivity contribution in [3.05, 3.63) is 76.9 Å². The van der Waals surface area contributed by atoms with Gasteiger partial charge in [-0.05, 0) is 36.6 Å². The van der Waals surface area contributed by atoms with Crippen LogP contribution in [0.25, 0.3) is 0 Å². The van der Waals surface area contributed by atoms with Gasteiger partial charge < -0.3 is 15.0 Å². The number of aryl methyl sites for hydroxylation is 1. The molecular weight excluding hydrogens is 374 g/mol. The van der Waals surface area contributed by atoms with Gasteiger partial charge in [-0.1, -0.05) is 48.0 Å². The fourth-order valence-corrected chi connectivity index (χ4v) is 4.07. The Balaban J connectivity index is 1.24. The summed E-state index contributed by atoms with van der Waals surface area (Å²) in [7, 11) is 0. The molecule has 2 heterocycles. The van der Waals surface area contributed by atoms with E-state index in [-0.39, 0.29) is 5.91 Å². The highest BCUT2D eigenvalue weighted by atomic mass is 16.5. The molecule has 2 aliphatic rings. The molecule has 0 saturated carbocycles. The lowest BCUT2D eigenvalue weighted by atomic mass is 10.1. The van der Waals surface area contributed by atoms with Gasteiger partial charge in [0, 0.05) is 50.5 Å². The summed E-state index contributed by atoms with van der Waals surface area (Å²) in [5.74, 6) is 0.0578. The molecule has 0 aliphatic carbocycles. The highest BCUT2D eigenvalue weighted by Crippen LogP contribution is 2.18. The van der Waals surface area contributed by atoms with Crippen LogP contribution in [-0.2, 0) is 22.6 Å². The van der Waals surface area contributed by atoms with E-state index in [4.69, 9.17) is 4.74 Å². The van der Waals surface area contributed by atoms with Crippen molar-refractivity contribution in [3.63, 3.8) is 0 Å². The average molecular weight is 406 g/mol. The molecule has 1 N–H and O–H groups in total. The van der Waals surface area contributed by atoms with Crippen molar-refractivity contribution in [1.29, 1.82) is 0 Å². The minimum absolute atomic E-state index is 0.0578. The van der Waals surface area contributed by atoms with Crippen LogP contribution in [0.3, 0.4) is 0 Å². The van der Waals surface area contributed by atoms with Gasteiger partial charge in [0.25, 0.3) is 0 Å². The fourth-order valence-electron chi connectivity index (χ4n) is 4.07. The predicted octanol–water partition coefficient (Wildman–Crippen LogP) is 3.28. The number of hydrogen-bond acceptors (Lipinski definition) is 4. The Morgan fingerprint density at radius 3 is 2.53 bits per heavy atom. The minimum Gasteiger partial charge on any atom is -0.378 e. The number of carbonyl (C=O) groups is 1. The van der Waals surface area contributed by atoms with Crippen LogP contribution in [0.15, 0.2) is 60.2 Å². The van der Waals surface area contributed by atoms with Crippen LogP contribution in [0.2, 0.25) is 0 Å². The number of anilines is 1. The molecule has 1 saturated heterocycles. The zero-order valence-electron chi connectivity index (χ0n) is 17.8. The topological polar surface area (TPSA) is 44.8 Å². The largest absolute Gasteiger partial charge is 0.378 e. The molecule has 2 aromatic carbocycles. The quantitative estimate of drug-likeness (QED) is 0.801. The number of amides is 1. The van der Waals surface area contributed by atoms with Crippen LogP contribution < -0.4 is 10.2 Å². The molecule has 0 aromatic heterocycles. The Morgan fingerprint density at radius 1 is 1.03 bits per heavy atom. The first-order valence-electron chi connectivity index (χ1n) is 10.8. The monoisotopic (exact) mass is 405 g/mol. The second-order valence-corrected chi connectivity index (χ2v) is 8.15. The molecule has 1 amide bonds. The number of benzene rings is 2. The Labute approximate surface area is 179 Å². The third-order valence-corrected chi connectivity index (χ3v) is 5.84. The number of rotatable bonds is 6. The highest BCUT2D eigenvalue weighted by molar-refractivity contribution is 5.93. The maximum absolute atomic E-state index is 12.6. The molecule has 4 rings (SSSR count). The Morgan fingerprint density at radius 2 is 1.83 bits per heavy atom. The zero-order chi connectivity index (χ0) is 20.8. The van der Waals surface area contributed by atoms with Gasteiger partial charge in [-0.2, -0.15) is 0 Å².